The number of carbonyl (C=O) groups is 1. The Hall–Kier alpha value is -2.17. The monoisotopic (exact) mass is 348 g/mol. The first kappa shape index (κ1) is 16.0. The summed E-state index contributed by atoms with van der Waals surface area (Å²) >= 11 is 0. The van der Waals surface area contributed by atoms with Gasteiger partial charge in [-0.3, -0.25) is 9.69 Å². The maximum Gasteiger partial charge on any atom is 0.251 e. The van der Waals surface area contributed by atoms with Crippen molar-refractivity contribution in [2.45, 2.75) is 25.0 Å². The Morgan fingerprint density at radius 2 is 1.50 bits per heavy atom. The first-order valence-corrected chi connectivity index (χ1v) is 9.65. The summed E-state index contributed by atoms with van der Waals surface area (Å²) in [5.74, 6) is 0.189. The minimum absolute atomic E-state index is 0.189. The number of hydrogen-bond donors (Lipinski definition) is 0. The molecule has 2 aromatic rings. The zero-order valence-electron chi connectivity index (χ0n) is 14.9. The number of fused-ring (bicyclic) bond motifs is 3. The summed E-state index contributed by atoms with van der Waals surface area (Å²) in [5.41, 5.74) is 5.50. The average Bonchev–Trinajstić information content (AvgIpc) is 3.34. The van der Waals surface area contributed by atoms with E-state index in [1.54, 1.807) is 0 Å². The van der Waals surface area contributed by atoms with E-state index in [1.165, 1.54) is 22.3 Å². The average molecular weight is 348 g/mol. The van der Waals surface area contributed by atoms with E-state index < -0.39 is 0 Å². The predicted molar refractivity (Wildman–Crippen MR) is 101 cm³/mol. The van der Waals surface area contributed by atoms with E-state index >= 15 is 0 Å². The number of rotatable bonds is 2. The van der Waals surface area contributed by atoms with Crippen LogP contribution in [0.15, 0.2) is 48.5 Å². The van der Waals surface area contributed by atoms with Crippen LogP contribution in [0, 0.1) is 0 Å². The van der Waals surface area contributed by atoms with Crippen LogP contribution in [0.3, 0.4) is 0 Å². The summed E-state index contributed by atoms with van der Waals surface area (Å²) < 4.78 is 5.58. The van der Waals surface area contributed by atoms with Crippen molar-refractivity contribution >= 4 is 5.91 Å². The van der Waals surface area contributed by atoms with E-state index in [1.807, 2.05) is 4.90 Å². The number of nitrogens with zero attached hydrogens (tertiary/aromatic N) is 2. The highest BCUT2D eigenvalue weighted by Crippen LogP contribution is 2.46. The number of amides is 1. The van der Waals surface area contributed by atoms with Gasteiger partial charge in [0.2, 0.25) is 0 Å². The normalized spacial score (nSPS) is 23.1. The Bertz CT molecular complexity index is 775. The minimum Gasteiger partial charge on any atom is -0.368 e. The molecule has 0 saturated carbocycles. The molecule has 2 aliphatic heterocycles. The van der Waals surface area contributed by atoms with E-state index in [2.05, 4.69) is 53.4 Å². The lowest BCUT2D eigenvalue weighted by atomic mass is 10.0. The Morgan fingerprint density at radius 3 is 2.08 bits per heavy atom. The van der Waals surface area contributed by atoms with Crippen LogP contribution < -0.4 is 0 Å². The lowest BCUT2D eigenvalue weighted by Crippen LogP contribution is -2.52. The fraction of sp³-hybridized carbons (Fsp3) is 0.409. The number of benzene rings is 2. The molecular formula is C22H24N2O2. The van der Waals surface area contributed by atoms with Crippen LogP contribution in [0.25, 0.3) is 11.1 Å². The SMILES string of the molecule is O=C(C1CCCO1)N1CCN(C2c3ccccc3-c3ccccc32)CC1. The third-order valence-corrected chi connectivity index (χ3v) is 6.00. The van der Waals surface area contributed by atoms with Crippen LogP contribution in [0.1, 0.15) is 30.0 Å². The molecular weight excluding hydrogens is 324 g/mol. The molecule has 1 aliphatic carbocycles. The quantitative estimate of drug-likeness (QED) is 0.836. The van der Waals surface area contributed by atoms with Crippen LogP contribution in [-0.4, -0.2) is 54.6 Å². The minimum atomic E-state index is -0.200. The number of carbonyl (C=O) groups excluding carboxylic acids is 1. The van der Waals surface area contributed by atoms with E-state index in [9.17, 15) is 4.79 Å². The van der Waals surface area contributed by atoms with Gasteiger partial charge >= 0.3 is 0 Å². The van der Waals surface area contributed by atoms with Gasteiger partial charge in [0.1, 0.15) is 6.10 Å². The topological polar surface area (TPSA) is 32.8 Å². The van der Waals surface area contributed by atoms with Crippen LogP contribution in [0.5, 0.6) is 0 Å². The second kappa shape index (κ2) is 6.53. The van der Waals surface area contributed by atoms with Crippen molar-refractivity contribution in [1.29, 1.82) is 0 Å². The molecule has 26 heavy (non-hydrogen) atoms. The molecule has 3 aliphatic rings. The van der Waals surface area contributed by atoms with Gasteiger partial charge in [-0.05, 0) is 35.1 Å². The summed E-state index contributed by atoms with van der Waals surface area (Å²) in [6, 6.07) is 17.8. The Balaban J connectivity index is 1.36. The van der Waals surface area contributed by atoms with Gasteiger partial charge < -0.3 is 9.64 Å². The van der Waals surface area contributed by atoms with Gasteiger partial charge in [-0.15, -0.1) is 0 Å². The molecule has 4 nitrogen and oxygen atoms in total. The largest absolute Gasteiger partial charge is 0.368 e. The van der Waals surface area contributed by atoms with Crippen LogP contribution in [0.4, 0.5) is 0 Å². The van der Waals surface area contributed by atoms with Gasteiger partial charge in [0.05, 0.1) is 6.04 Å². The van der Waals surface area contributed by atoms with E-state index in [4.69, 9.17) is 4.74 Å². The highest BCUT2D eigenvalue weighted by Gasteiger charge is 2.36. The van der Waals surface area contributed by atoms with Gasteiger partial charge in [-0.2, -0.15) is 0 Å². The first-order valence-electron chi connectivity index (χ1n) is 9.65. The van der Waals surface area contributed by atoms with Crippen LogP contribution in [0.2, 0.25) is 0 Å². The molecule has 2 aromatic carbocycles. The maximum atomic E-state index is 12.6. The van der Waals surface area contributed by atoms with Gasteiger partial charge in [-0.1, -0.05) is 48.5 Å². The Kier molecular flexibility index (Phi) is 4.03. The van der Waals surface area contributed by atoms with Gasteiger partial charge in [0.25, 0.3) is 5.91 Å². The van der Waals surface area contributed by atoms with Crippen molar-refractivity contribution in [3.8, 4) is 11.1 Å². The molecule has 0 N–H and O–H groups in total. The van der Waals surface area contributed by atoms with Crippen molar-refractivity contribution in [3.63, 3.8) is 0 Å². The summed E-state index contributed by atoms with van der Waals surface area (Å²) in [6.45, 7) is 4.13. The molecule has 1 atom stereocenters. The van der Waals surface area contributed by atoms with Gasteiger partial charge in [-0.25, -0.2) is 0 Å². The Labute approximate surface area is 154 Å². The zero-order valence-corrected chi connectivity index (χ0v) is 14.9. The molecule has 2 heterocycles. The van der Waals surface area contributed by atoms with Crippen molar-refractivity contribution in [3.05, 3.63) is 59.7 Å². The Morgan fingerprint density at radius 1 is 0.885 bits per heavy atom. The van der Waals surface area contributed by atoms with E-state index in [0.29, 0.717) is 6.04 Å². The van der Waals surface area contributed by atoms with Crippen molar-refractivity contribution < 1.29 is 9.53 Å². The van der Waals surface area contributed by atoms with E-state index in [-0.39, 0.29) is 12.0 Å². The molecule has 2 saturated heterocycles. The number of hydrogen-bond acceptors (Lipinski definition) is 3. The lowest BCUT2D eigenvalue weighted by Gasteiger charge is -2.39. The van der Waals surface area contributed by atoms with Gasteiger partial charge in [0.15, 0.2) is 0 Å². The third kappa shape index (κ3) is 2.56. The molecule has 0 radical (unpaired) electrons. The smallest absolute Gasteiger partial charge is 0.251 e. The predicted octanol–water partition coefficient (Wildman–Crippen LogP) is 3.08. The first-order chi connectivity index (χ1) is 12.8. The molecule has 0 bridgehead atoms. The molecule has 0 aromatic heterocycles. The van der Waals surface area contributed by atoms with Crippen LogP contribution >= 0.6 is 0 Å². The molecule has 2 fully saturated rings. The molecule has 5 rings (SSSR count). The summed E-state index contributed by atoms with van der Waals surface area (Å²) in [5, 5.41) is 0. The lowest BCUT2D eigenvalue weighted by molar-refractivity contribution is -0.142. The second-order valence-electron chi connectivity index (χ2n) is 7.44. The highest BCUT2D eigenvalue weighted by molar-refractivity contribution is 5.81. The summed E-state index contributed by atoms with van der Waals surface area (Å²) in [6.07, 6.45) is 1.68. The summed E-state index contributed by atoms with van der Waals surface area (Å²) in [4.78, 5) is 17.1. The number of piperazine rings is 1. The standard InChI is InChI=1S/C22H24N2O2/c25-22(20-10-5-15-26-20)24-13-11-23(12-14-24)21-18-8-3-1-6-16(18)17-7-2-4-9-19(17)21/h1-4,6-9,20-21H,5,10-15H2. The second-order valence-corrected chi connectivity index (χ2v) is 7.44. The van der Waals surface area contributed by atoms with Crippen molar-refractivity contribution in [2.75, 3.05) is 32.8 Å². The fourth-order valence-electron chi connectivity index (χ4n) is 4.70. The molecule has 134 valence electrons. The maximum absolute atomic E-state index is 12.6. The van der Waals surface area contributed by atoms with Crippen molar-refractivity contribution in [1.82, 2.24) is 9.80 Å². The van der Waals surface area contributed by atoms with E-state index in [0.717, 1.165) is 45.6 Å². The third-order valence-electron chi connectivity index (χ3n) is 6.00. The molecule has 4 heteroatoms. The zero-order chi connectivity index (χ0) is 17.5. The highest BCUT2D eigenvalue weighted by atomic mass is 16.5. The molecule has 1 unspecified atom stereocenters. The van der Waals surface area contributed by atoms with Crippen LogP contribution in [-0.2, 0) is 9.53 Å². The summed E-state index contributed by atoms with van der Waals surface area (Å²) in [7, 11) is 0. The number of ether oxygens (including phenoxy) is 1. The molecule has 0 spiro atoms. The fourth-order valence-corrected chi connectivity index (χ4v) is 4.70. The van der Waals surface area contributed by atoms with Gasteiger partial charge in [0, 0.05) is 32.8 Å². The molecule has 1 amide bonds. The van der Waals surface area contributed by atoms with Crippen molar-refractivity contribution in [2.24, 2.45) is 0 Å².